The number of hydrogen-bond acceptors (Lipinski definition) is 3. The third-order valence-electron chi connectivity index (χ3n) is 3.06. The third-order valence-corrected chi connectivity index (χ3v) is 4.19. The molecule has 0 aliphatic rings. The van der Waals surface area contributed by atoms with E-state index in [1.165, 1.54) is 22.9 Å². The van der Waals surface area contributed by atoms with Crippen molar-refractivity contribution >= 4 is 15.5 Å². The van der Waals surface area contributed by atoms with Crippen LogP contribution in [0.25, 0.3) is 0 Å². The second-order valence-electron chi connectivity index (χ2n) is 5.15. The minimum atomic E-state index is -3.13. The normalized spacial score (nSPS) is 11.3. The molecule has 3 nitrogen and oxygen atoms in total. The van der Waals surface area contributed by atoms with E-state index in [4.69, 9.17) is 0 Å². The van der Waals surface area contributed by atoms with Gasteiger partial charge in [0.05, 0.1) is 4.90 Å². The first-order valence-corrected chi connectivity index (χ1v) is 8.35. The minimum absolute atomic E-state index is 0.342. The highest BCUT2D eigenvalue weighted by molar-refractivity contribution is 7.90. The van der Waals surface area contributed by atoms with Gasteiger partial charge < -0.3 is 5.32 Å². The average Bonchev–Trinajstić information content (AvgIpc) is 2.35. The van der Waals surface area contributed by atoms with Crippen LogP contribution >= 0.6 is 0 Å². The van der Waals surface area contributed by atoms with Gasteiger partial charge in [-0.05, 0) is 43.7 Å². The van der Waals surface area contributed by atoms with Crippen LogP contribution in [0.15, 0.2) is 47.4 Å². The molecule has 0 unspecified atom stereocenters. The molecule has 0 bridgehead atoms. The molecule has 0 saturated carbocycles. The molecule has 0 radical (unpaired) electrons. The van der Waals surface area contributed by atoms with Gasteiger partial charge in [0, 0.05) is 18.5 Å². The van der Waals surface area contributed by atoms with Crippen LogP contribution in [0.5, 0.6) is 0 Å². The Balaban J connectivity index is 2.07. The Morgan fingerprint density at radius 2 is 1.50 bits per heavy atom. The van der Waals surface area contributed by atoms with Crippen molar-refractivity contribution in [3.05, 3.63) is 59.2 Å². The Hall–Kier alpha value is -1.81. The van der Waals surface area contributed by atoms with Crippen molar-refractivity contribution in [2.45, 2.75) is 25.3 Å². The van der Waals surface area contributed by atoms with E-state index in [1.807, 2.05) is 0 Å². The maximum Gasteiger partial charge on any atom is 0.175 e. The van der Waals surface area contributed by atoms with Gasteiger partial charge in [0.15, 0.2) is 9.84 Å². The van der Waals surface area contributed by atoms with Crippen molar-refractivity contribution < 1.29 is 8.42 Å². The standard InChI is InChI=1S/C16H19NO2S/c1-12-8-13(2)10-14(9-12)11-17-15-4-6-16(7-5-15)20(3,18)19/h4-10,17H,11H2,1-3H3. The molecule has 2 rings (SSSR count). The van der Waals surface area contributed by atoms with E-state index in [-0.39, 0.29) is 0 Å². The molecular formula is C16H19NO2S. The van der Waals surface area contributed by atoms with Gasteiger partial charge in [0.25, 0.3) is 0 Å². The van der Waals surface area contributed by atoms with Crippen LogP contribution in [0.2, 0.25) is 0 Å². The van der Waals surface area contributed by atoms with Gasteiger partial charge in [-0.25, -0.2) is 8.42 Å². The van der Waals surface area contributed by atoms with Gasteiger partial charge in [-0.1, -0.05) is 29.3 Å². The van der Waals surface area contributed by atoms with Crippen molar-refractivity contribution in [3.8, 4) is 0 Å². The van der Waals surface area contributed by atoms with Crippen LogP contribution < -0.4 is 5.32 Å². The van der Waals surface area contributed by atoms with Gasteiger partial charge >= 0.3 is 0 Å². The summed E-state index contributed by atoms with van der Waals surface area (Å²) in [6.45, 7) is 4.88. The van der Waals surface area contributed by atoms with Crippen molar-refractivity contribution in [2.24, 2.45) is 0 Å². The van der Waals surface area contributed by atoms with Crippen LogP contribution in [0, 0.1) is 13.8 Å². The van der Waals surface area contributed by atoms with Gasteiger partial charge in [0.1, 0.15) is 0 Å². The maximum atomic E-state index is 11.4. The Kier molecular flexibility index (Phi) is 4.14. The summed E-state index contributed by atoms with van der Waals surface area (Å²) in [5.74, 6) is 0. The van der Waals surface area contributed by atoms with Crippen LogP contribution in [-0.2, 0) is 16.4 Å². The molecule has 4 heteroatoms. The summed E-state index contributed by atoms with van der Waals surface area (Å²) < 4.78 is 22.8. The number of aryl methyl sites for hydroxylation is 2. The van der Waals surface area contributed by atoms with Crippen molar-refractivity contribution in [3.63, 3.8) is 0 Å². The molecule has 0 aliphatic carbocycles. The smallest absolute Gasteiger partial charge is 0.175 e. The predicted molar refractivity (Wildman–Crippen MR) is 82.8 cm³/mol. The van der Waals surface area contributed by atoms with E-state index < -0.39 is 9.84 Å². The van der Waals surface area contributed by atoms with E-state index in [1.54, 1.807) is 24.3 Å². The second kappa shape index (κ2) is 5.67. The average molecular weight is 289 g/mol. The number of rotatable bonds is 4. The first-order valence-electron chi connectivity index (χ1n) is 6.46. The minimum Gasteiger partial charge on any atom is -0.381 e. The lowest BCUT2D eigenvalue weighted by Gasteiger charge is -2.09. The summed E-state index contributed by atoms with van der Waals surface area (Å²) in [6, 6.07) is 13.3. The van der Waals surface area contributed by atoms with Crippen molar-refractivity contribution in [2.75, 3.05) is 11.6 Å². The summed E-state index contributed by atoms with van der Waals surface area (Å²) in [7, 11) is -3.13. The maximum absolute atomic E-state index is 11.4. The highest BCUT2D eigenvalue weighted by Gasteiger charge is 2.05. The molecule has 0 heterocycles. The number of nitrogens with one attached hydrogen (secondary N) is 1. The molecule has 0 spiro atoms. The molecule has 0 fully saturated rings. The molecule has 0 saturated heterocycles. The molecule has 1 N–H and O–H groups in total. The summed E-state index contributed by atoms with van der Waals surface area (Å²) in [5, 5.41) is 3.30. The summed E-state index contributed by atoms with van der Waals surface area (Å²) in [6.07, 6.45) is 1.21. The molecule has 0 aromatic heterocycles. The number of anilines is 1. The Labute approximate surface area is 120 Å². The lowest BCUT2D eigenvalue weighted by Crippen LogP contribution is -2.01. The second-order valence-corrected chi connectivity index (χ2v) is 7.16. The SMILES string of the molecule is Cc1cc(C)cc(CNc2ccc(S(C)(=O)=O)cc2)c1. The first kappa shape index (κ1) is 14.6. The fourth-order valence-corrected chi connectivity index (χ4v) is 2.83. The van der Waals surface area contributed by atoms with E-state index in [0.717, 1.165) is 12.2 Å². The highest BCUT2D eigenvalue weighted by atomic mass is 32.2. The Morgan fingerprint density at radius 1 is 0.950 bits per heavy atom. The lowest BCUT2D eigenvalue weighted by molar-refractivity contribution is 0.602. The molecule has 2 aromatic rings. The molecule has 0 aliphatic heterocycles. The zero-order chi connectivity index (χ0) is 14.8. The van der Waals surface area contributed by atoms with Gasteiger partial charge in [0.2, 0.25) is 0 Å². The lowest BCUT2D eigenvalue weighted by atomic mass is 10.1. The van der Waals surface area contributed by atoms with Gasteiger partial charge in [-0.2, -0.15) is 0 Å². The van der Waals surface area contributed by atoms with E-state index >= 15 is 0 Å². The monoisotopic (exact) mass is 289 g/mol. The van der Waals surface area contributed by atoms with Crippen LogP contribution in [0.1, 0.15) is 16.7 Å². The largest absolute Gasteiger partial charge is 0.381 e. The first-order chi connectivity index (χ1) is 9.34. The topological polar surface area (TPSA) is 46.2 Å². The molecular weight excluding hydrogens is 270 g/mol. The fourth-order valence-electron chi connectivity index (χ4n) is 2.20. The van der Waals surface area contributed by atoms with Crippen LogP contribution in [-0.4, -0.2) is 14.7 Å². The van der Waals surface area contributed by atoms with E-state index in [2.05, 4.69) is 37.4 Å². The van der Waals surface area contributed by atoms with Crippen LogP contribution in [0.3, 0.4) is 0 Å². The number of sulfone groups is 1. The molecule has 106 valence electrons. The van der Waals surface area contributed by atoms with Crippen molar-refractivity contribution in [1.82, 2.24) is 0 Å². The van der Waals surface area contributed by atoms with E-state index in [9.17, 15) is 8.42 Å². The Bertz CT molecular complexity index is 684. The fraction of sp³-hybridized carbons (Fsp3) is 0.250. The highest BCUT2D eigenvalue weighted by Crippen LogP contribution is 2.15. The van der Waals surface area contributed by atoms with Gasteiger partial charge in [-0.15, -0.1) is 0 Å². The molecule has 20 heavy (non-hydrogen) atoms. The molecule has 2 aromatic carbocycles. The quantitative estimate of drug-likeness (QED) is 0.939. The zero-order valence-corrected chi connectivity index (χ0v) is 12.8. The Morgan fingerprint density at radius 3 is 2.00 bits per heavy atom. The predicted octanol–water partition coefficient (Wildman–Crippen LogP) is 3.32. The molecule has 0 atom stereocenters. The number of benzene rings is 2. The van der Waals surface area contributed by atoms with E-state index in [0.29, 0.717) is 4.90 Å². The summed E-state index contributed by atoms with van der Waals surface area (Å²) >= 11 is 0. The molecule has 0 amide bonds. The summed E-state index contributed by atoms with van der Waals surface area (Å²) in [4.78, 5) is 0.342. The van der Waals surface area contributed by atoms with Gasteiger partial charge in [-0.3, -0.25) is 0 Å². The third kappa shape index (κ3) is 3.84. The van der Waals surface area contributed by atoms with Crippen molar-refractivity contribution in [1.29, 1.82) is 0 Å². The number of hydrogen-bond donors (Lipinski definition) is 1. The zero-order valence-electron chi connectivity index (χ0n) is 12.0. The summed E-state index contributed by atoms with van der Waals surface area (Å²) in [5.41, 5.74) is 4.62. The van der Waals surface area contributed by atoms with Crippen LogP contribution in [0.4, 0.5) is 5.69 Å².